The van der Waals surface area contributed by atoms with Crippen LogP contribution in [0.3, 0.4) is 0 Å². The fourth-order valence-corrected chi connectivity index (χ4v) is 3.42. The van der Waals surface area contributed by atoms with E-state index in [-0.39, 0.29) is 0 Å². The Labute approximate surface area is 161 Å². The molecular formula is C20H16Cl2N4. The number of hydrogen-bond donors (Lipinski definition) is 2. The minimum absolute atomic E-state index is 0.581. The minimum atomic E-state index is 0.581. The van der Waals surface area contributed by atoms with Crippen molar-refractivity contribution in [2.45, 2.75) is 6.42 Å². The first kappa shape index (κ1) is 16.9. The molecule has 0 bridgehead atoms. The van der Waals surface area contributed by atoms with Gasteiger partial charge in [-0.05, 0) is 36.2 Å². The lowest BCUT2D eigenvalue weighted by molar-refractivity contribution is 1.01. The Morgan fingerprint density at radius 3 is 2.73 bits per heavy atom. The SMILES string of the molecule is Clc1ccccc1CCNc1cccc(-c2c(Cl)cnc3[nH]ccc23)n1. The smallest absolute Gasteiger partial charge is 0.138 e. The highest BCUT2D eigenvalue weighted by Gasteiger charge is 2.12. The number of aromatic amines is 1. The third kappa shape index (κ3) is 3.39. The van der Waals surface area contributed by atoms with Gasteiger partial charge in [-0.1, -0.05) is 47.5 Å². The third-order valence-corrected chi connectivity index (χ3v) is 4.86. The van der Waals surface area contributed by atoms with E-state index in [0.29, 0.717) is 5.02 Å². The number of nitrogens with zero attached hydrogens (tertiary/aromatic N) is 2. The van der Waals surface area contributed by atoms with Crippen LogP contribution in [-0.4, -0.2) is 21.5 Å². The molecule has 0 saturated carbocycles. The van der Waals surface area contributed by atoms with E-state index in [2.05, 4.69) is 15.3 Å². The average Bonchev–Trinajstić information content (AvgIpc) is 3.12. The van der Waals surface area contributed by atoms with Crippen LogP contribution in [0.5, 0.6) is 0 Å². The molecule has 0 atom stereocenters. The molecule has 2 N–H and O–H groups in total. The van der Waals surface area contributed by atoms with Crippen molar-refractivity contribution in [2.75, 3.05) is 11.9 Å². The van der Waals surface area contributed by atoms with Gasteiger partial charge in [0.25, 0.3) is 0 Å². The molecule has 6 heteroatoms. The summed E-state index contributed by atoms with van der Waals surface area (Å²) in [7, 11) is 0. The molecule has 0 spiro atoms. The second-order valence-electron chi connectivity index (χ2n) is 5.90. The molecule has 0 amide bonds. The highest BCUT2D eigenvalue weighted by atomic mass is 35.5. The van der Waals surface area contributed by atoms with Crippen LogP contribution < -0.4 is 5.32 Å². The molecule has 1 aromatic carbocycles. The Bertz CT molecular complexity index is 1060. The van der Waals surface area contributed by atoms with Gasteiger partial charge in [-0.25, -0.2) is 9.97 Å². The Morgan fingerprint density at radius 1 is 0.962 bits per heavy atom. The van der Waals surface area contributed by atoms with Crippen LogP contribution in [0, 0.1) is 0 Å². The van der Waals surface area contributed by atoms with Crippen LogP contribution in [0.4, 0.5) is 5.82 Å². The number of H-pyrrole nitrogens is 1. The lowest BCUT2D eigenvalue weighted by Gasteiger charge is -2.10. The van der Waals surface area contributed by atoms with E-state index in [1.54, 1.807) is 6.20 Å². The second-order valence-corrected chi connectivity index (χ2v) is 6.71. The molecule has 0 saturated heterocycles. The number of benzene rings is 1. The van der Waals surface area contributed by atoms with Gasteiger partial charge < -0.3 is 10.3 Å². The molecule has 0 aliphatic carbocycles. The molecular weight excluding hydrogens is 367 g/mol. The Morgan fingerprint density at radius 2 is 1.85 bits per heavy atom. The molecule has 0 radical (unpaired) electrons. The second kappa shape index (κ2) is 7.36. The Balaban J connectivity index is 1.56. The summed E-state index contributed by atoms with van der Waals surface area (Å²) in [5.74, 6) is 0.797. The molecule has 3 heterocycles. The van der Waals surface area contributed by atoms with Gasteiger partial charge in [-0.15, -0.1) is 0 Å². The van der Waals surface area contributed by atoms with E-state index < -0.39 is 0 Å². The van der Waals surface area contributed by atoms with Crippen LogP contribution >= 0.6 is 23.2 Å². The topological polar surface area (TPSA) is 53.6 Å². The van der Waals surface area contributed by atoms with E-state index in [9.17, 15) is 0 Å². The van der Waals surface area contributed by atoms with Crippen molar-refractivity contribution in [3.05, 3.63) is 76.5 Å². The van der Waals surface area contributed by atoms with Gasteiger partial charge in [-0.3, -0.25) is 0 Å². The molecule has 4 rings (SSSR count). The van der Waals surface area contributed by atoms with Gasteiger partial charge in [0.05, 0.1) is 10.7 Å². The molecule has 3 aromatic heterocycles. The number of hydrogen-bond acceptors (Lipinski definition) is 3. The number of fused-ring (bicyclic) bond motifs is 1. The summed E-state index contributed by atoms with van der Waals surface area (Å²) in [5.41, 5.74) is 3.60. The maximum atomic E-state index is 6.40. The van der Waals surface area contributed by atoms with Gasteiger partial charge in [-0.2, -0.15) is 0 Å². The lowest BCUT2D eigenvalue weighted by Crippen LogP contribution is -2.06. The number of pyridine rings is 2. The summed E-state index contributed by atoms with van der Waals surface area (Å²) in [6, 6.07) is 15.7. The molecule has 0 fully saturated rings. The highest BCUT2D eigenvalue weighted by molar-refractivity contribution is 6.34. The zero-order chi connectivity index (χ0) is 17.9. The fourth-order valence-electron chi connectivity index (χ4n) is 2.94. The quantitative estimate of drug-likeness (QED) is 0.473. The number of anilines is 1. The molecule has 0 unspecified atom stereocenters. The van der Waals surface area contributed by atoms with Crippen molar-refractivity contribution in [3.63, 3.8) is 0 Å². The van der Waals surface area contributed by atoms with Gasteiger partial charge in [0.1, 0.15) is 11.5 Å². The van der Waals surface area contributed by atoms with Crippen molar-refractivity contribution in [1.29, 1.82) is 0 Å². The van der Waals surface area contributed by atoms with Crippen molar-refractivity contribution in [3.8, 4) is 11.3 Å². The van der Waals surface area contributed by atoms with Crippen molar-refractivity contribution < 1.29 is 0 Å². The van der Waals surface area contributed by atoms with Crippen LogP contribution in [0.25, 0.3) is 22.3 Å². The number of nitrogens with one attached hydrogen (secondary N) is 2. The molecule has 130 valence electrons. The summed E-state index contributed by atoms with van der Waals surface area (Å²) in [6.45, 7) is 0.740. The molecule has 26 heavy (non-hydrogen) atoms. The van der Waals surface area contributed by atoms with Gasteiger partial charge >= 0.3 is 0 Å². The Kier molecular flexibility index (Phi) is 4.78. The number of aromatic nitrogens is 3. The van der Waals surface area contributed by atoms with E-state index in [0.717, 1.165) is 51.7 Å². The zero-order valence-corrected chi connectivity index (χ0v) is 15.3. The summed E-state index contributed by atoms with van der Waals surface area (Å²) in [4.78, 5) is 12.1. The fraction of sp³-hybridized carbons (Fsp3) is 0.100. The molecule has 0 aliphatic heterocycles. The first-order chi connectivity index (χ1) is 12.7. The van der Waals surface area contributed by atoms with E-state index >= 15 is 0 Å². The largest absolute Gasteiger partial charge is 0.370 e. The lowest BCUT2D eigenvalue weighted by atomic mass is 10.1. The van der Waals surface area contributed by atoms with Crippen molar-refractivity contribution >= 4 is 40.1 Å². The molecule has 4 nitrogen and oxygen atoms in total. The summed E-state index contributed by atoms with van der Waals surface area (Å²) < 4.78 is 0. The van der Waals surface area contributed by atoms with E-state index in [1.165, 1.54) is 0 Å². The molecule has 4 aromatic rings. The first-order valence-corrected chi connectivity index (χ1v) is 9.04. The predicted molar refractivity (Wildman–Crippen MR) is 108 cm³/mol. The van der Waals surface area contributed by atoms with Gasteiger partial charge in [0.2, 0.25) is 0 Å². The normalized spacial score (nSPS) is 11.0. The summed E-state index contributed by atoms with van der Waals surface area (Å²) in [5, 5.41) is 5.68. The standard InChI is InChI=1S/C20H16Cl2N4/c21-15-5-2-1-4-13(15)8-10-23-18-7-3-6-17(26-18)19-14-9-11-24-20(14)25-12-16(19)22/h1-7,9,11-12H,8,10H2,(H,23,26)(H,24,25). The maximum Gasteiger partial charge on any atom is 0.138 e. The maximum absolute atomic E-state index is 6.40. The van der Waals surface area contributed by atoms with Crippen LogP contribution in [0.15, 0.2) is 60.9 Å². The predicted octanol–water partition coefficient (Wildman–Crippen LogP) is 5.59. The van der Waals surface area contributed by atoms with Crippen LogP contribution in [-0.2, 0) is 6.42 Å². The highest BCUT2D eigenvalue weighted by Crippen LogP contribution is 2.33. The number of halogens is 2. The summed E-state index contributed by atoms with van der Waals surface area (Å²) >= 11 is 12.6. The van der Waals surface area contributed by atoms with Crippen LogP contribution in [0.2, 0.25) is 10.0 Å². The third-order valence-electron chi connectivity index (χ3n) is 4.20. The van der Waals surface area contributed by atoms with E-state index in [4.69, 9.17) is 28.2 Å². The Hall–Kier alpha value is -2.56. The zero-order valence-electron chi connectivity index (χ0n) is 13.8. The van der Waals surface area contributed by atoms with Crippen molar-refractivity contribution in [1.82, 2.24) is 15.0 Å². The minimum Gasteiger partial charge on any atom is -0.370 e. The van der Waals surface area contributed by atoms with E-state index in [1.807, 2.05) is 54.7 Å². The van der Waals surface area contributed by atoms with Gasteiger partial charge in [0, 0.05) is 34.9 Å². The van der Waals surface area contributed by atoms with Crippen LogP contribution in [0.1, 0.15) is 5.56 Å². The monoisotopic (exact) mass is 382 g/mol. The average molecular weight is 383 g/mol. The molecule has 0 aliphatic rings. The first-order valence-electron chi connectivity index (χ1n) is 8.28. The van der Waals surface area contributed by atoms with Crippen molar-refractivity contribution in [2.24, 2.45) is 0 Å². The van der Waals surface area contributed by atoms with Gasteiger partial charge in [0.15, 0.2) is 0 Å². The number of rotatable bonds is 5. The summed E-state index contributed by atoms with van der Waals surface area (Å²) in [6.07, 6.45) is 4.32.